The van der Waals surface area contributed by atoms with Crippen molar-refractivity contribution in [2.75, 3.05) is 31.6 Å². The summed E-state index contributed by atoms with van der Waals surface area (Å²) in [6.07, 6.45) is 1.73. The van der Waals surface area contributed by atoms with Gasteiger partial charge in [0.1, 0.15) is 5.75 Å². The molecule has 1 atom stereocenters. The third kappa shape index (κ3) is 5.22. The van der Waals surface area contributed by atoms with Gasteiger partial charge >= 0.3 is 0 Å². The van der Waals surface area contributed by atoms with E-state index < -0.39 is 17.5 Å². The average Bonchev–Trinajstić information content (AvgIpc) is 2.74. The third-order valence-electron chi connectivity index (χ3n) is 4.80. The fourth-order valence-corrected chi connectivity index (χ4v) is 3.38. The molecule has 0 radical (unpaired) electrons. The van der Waals surface area contributed by atoms with Gasteiger partial charge in [0, 0.05) is 24.7 Å². The van der Waals surface area contributed by atoms with Gasteiger partial charge in [0.2, 0.25) is 5.91 Å². The van der Waals surface area contributed by atoms with Gasteiger partial charge in [-0.05, 0) is 43.2 Å². The smallest absolute Gasteiger partial charge is 0.251 e. The van der Waals surface area contributed by atoms with Gasteiger partial charge in [0.05, 0.1) is 19.3 Å². The van der Waals surface area contributed by atoms with Gasteiger partial charge in [-0.1, -0.05) is 12.1 Å². The van der Waals surface area contributed by atoms with Crippen molar-refractivity contribution in [1.82, 2.24) is 10.6 Å². The number of para-hydroxylation sites is 2. The van der Waals surface area contributed by atoms with Crippen LogP contribution in [0.2, 0.25) is 0 Å². The normalized spacial score (nSPS) is 16.2. The second kappa shape index (κ2) is 9.36. The van der Waals surface area contributed by atoms with Crippen molar-refractivity contribution in [2.24, 2.45) is 0 Å². The number of halogens is 2. The fraction of sp³-hybridized carbons (Fsp3) is 0.333. The molecule has 2 aromatic carbocycles. The quantitative estimate of drug-likeness (QED) is 0.778. The number of piperidine rings is 1. The first-order valence-corrected chi connectivity index (χ1v) is 9.38. The van der Waals surface area contributed by atoms with E-state index in [0.29, 0.717) is 6.54 Å². The van der Waals surface area contributed by atoms with E-state index in [9.17, 15) is 18.4 Å². The van der Waals surface area contributed by atoms with E-state index in [1.165, 1.54) is 0 Å². The lowest BCUT2D eigenvalue weighted by Crippen LogP contribution is -2.50. The molecular formula is C21H23F2N3O3. The molecule has 29 heavy (non-hydrogen) atoms. The minimum atomic E-state index is -1.11. The van der Waals surface area contributed by atoms with Crippen LogP contribution in [-0.4, -0.2) is 44.6 Å². The Morgan fingerprint density at radius 1 is 1.17 bits per heavy atom. The number of rotatable bonds is 6. The summed E-state index contributed by atoms with van der Waals surface area (Å²) in [5.74, 6) is -2.35. The Labute approximate surface area is 167 Å². The monoisotopic (exact) mass is 403 g/mol. The molecule has 2 amide bonds. The lowest BCUT2D eigenvalue weighted by molar-refractivity contribution is -0.120. The number of nitrogens with one attached hydrogen (secondary N) is 2. The molecule has 1 heterocycles. The van der Waals surface area contributed by atoms with E-state index in [-0.39, 0.29) is 24.1 Å². The standard InChI is InChI=1S/C21H23F2N3O3/c1-29-19-7-3-2-6-18(19)26-10-4-5-15(13-26)25-20(27)12-24-21(28)14-8-9-16(22)17(23)11-14/h2-3,6-9,11,15H,4-5,10,12-13H2,1H3,(H,24,28)(H,25,27). The largest absolute Gasteiger partial charge is 0.495 e. The maximum atomic E-state index is 13.2. The van der Waals surface area contributed by atoms with Gasteiger partial charge in [-0.15, -0.1) is 0 Å². The van der Waals surface area contributed by atoms with Gasteiger partial charge in [-0.3, -0.25) is 9.59 Å². The summed E-state index contributed by atoms with van der Waals surface area (Å²) in [7, 11) is 1.62. The minimum Gasteiger partial charge on any atom is -0.495 e. The van der Waals surface area contributed by atoms with Crippen LogP contribution < -0.4 is 20.3 Å². The van der Waals surface area contributed by atoms with E-state index in [1.54, 1.807) is 7.11 Å². The number of nitrogens with zero attached hydrogens (tertiary/aromatic N) is 1. The highest BCUT2D eigenvalue weighted by molar-refractivity contribution is 5.96. The predicted octanol–water partition coefficient (Wildman–Crippen LogP) is 2.49. The van der Waals surface area contributed by atoms with Crippen molar-refractivity contribution in [3.8, 4) is 5.75 Å². The highest BCUT2D eigenvalue weighted by Crippen LogP contribution is 2.29. The minimum absolute atomic E-state index is 0.0447. The van der Waals surface area contributed by atoms with E-state index in [1.807, 2.05) is 24.3 Å². The number of anilines is 1. The number of carbonyl (C=O) groups excluding carboxylic acids is 2. The molecule has 154 valence electrons. The number of carbonyl (C=O) groups is 2. The predicted molar refractivity (Wildman–Crippen MR) is 105 cm³/mol. The van der Waals surface area contributed by atoms with E-state index in [0.717, 1.165) is 49.0 Å². The zero-order valence-electron chi connectivity index (χ0n) is 16.1. The molecule has 2 aromatic rings. The summed E-state index contributed by atoms with van der Waals surface area (Å²) in [5, 5.41) is 5.34. The summed E-state index contributed by atoms with van der Waals surface area (Å²) in [6.45, 7) is 1.24. The Kier molecular flexibility index (Phi) is 6.64. The average molecular weight is 403 g/mol. The maximum absolute atomic E-state index is 13.2. The van der Waals surface area contributed by atoms with Crippen LogP contribution in [0.5, 0.6) is 5.75 Å². The van der Waals surface area contributed by atoms with E-state index in [2.05, 4.69) is 15.5 Å². The first-order valence-electron chi connectivity index (χ1n) is 9.38. The molecule has 1 fully saturated rings. The molecule has 8 heteroatoms. The Bertz CT molecular complexity index is 891. The highest BCUT2D eigenvalue weighted by Gasteiger charge is 2.23. The molecule has 1 aliphatic rings. The van der Waals surface area contributed by atoms with Gasteiger partial charge in [-0.2, -0.15) is 0 Å². The Balaban J connectivity index is 1.52. The molecule has 0 aliphatic carbocycles. The Hall–Kier alpha value is -3.16. The molecule has 0 spiro atoms. The number of methoxy groups -OCH3 is 1. The van der Waals surface area contributed by atoms with Gasteiger partial charge in [0.15, 0.2) is 11.6 Å². The number of amides is 2. The van der Waals surface area contributed by atoms with Crippen LogP contribution in [0, 0.1) is 11.6 Å². The first-order chi connectivity index (χ1) is 14.0. The van der Waals surface area contributed by atoms with Crippen LogP contribution in [0.3, 0.4) is 0 Å². The molecule has 2 N–H and O–H groups in total. The number of hydrogen-bond acceptors (Lipinski definition) is 4. The van der Waals surface area contributed by atoms with Crippen molar-refractivity contribution >= 4 is 17.5 Å². The molecule has 3 rings (SSSR count). The second-order valence-electron chi connectivity index (χ2n) is 6.84. The van der Waals surface area contributed by atoms with Crippen LogP contribution in [0.4, 0.5) is 14.5 Å². The summed E-state index contributed by atoms with van der Waals surface area (Å²) < 4.78 is 31.6. The molecule has 1 unspecified atom stereocenters. The highest BCUT2D eigenvalue weighted by atomic mass is 19.2. The molecule has 0 saturated carbocycles. The van der Waals surface area contributed by atoms with Crippen molar-refractivity contribution < 1.29 is 23.1 Å². The Morgan fingerprint density at radius 3 is 2.72 bits per heavy atom. The number of hydrogen-bond donors (Lipinski definition) is 2. The van der Waals surface area contributed by atoms with Crippen molar-refractivity contribution in [3.63, 3.8) is 0 Å². The first kappa shape index (κ1) is 20.6. The lowest BCUT2D eigenvalue weighted by atomic mass is 10.0. The lowest BCUT2D eigenvalue weighted by Gasteiger charge is -2.35. The van der Waals surface area contributed by atoms with Crippen LogP contribution >= 0.6 is 0 Å². The van der Waals surface area contributed by atoms with Crippen LogP contribution in [0.1, 0.15) is 23.2 Å². The Morgan fingerprint density at radius 2 is 1.97 bits per heavy atom. The number of benzene rings is 2. The zero-order valence-corrected chi connectivity index (χ0v) is 16.1. The maximum Gasteiger partial charge on any atom is 0.251 e. The van der Waals surface area contributed by atoms with Gasteiger partial charge < -0.3 is 20.3 Å². The van der Waals surface area contributed by atoms with Crippen LogP contribution in [0.25, 0.3) is 0 Å². The van der Waals surface area contributed by atoms with Crippen molar-refractivity contribution in [2.45, 2.75) is 18.9 Å². The van der Waals surface area contributed by atoms with Crippen LogP contribution in [-0.2, 0) is 4.79 Å². The fourth-order valence-electron chi connectivity index (χ4n) is 3.38. The zero-order chi connectivity index (χ0) is 20.8. The summed E-state index contributed by atoms with van der Waals surface area (Å²) in [6, 6.07) is 10.5. The second-order valence-corrected chi connectivity index (χ2v) is 6.84. The molecular weight excluding hydrogens is 380 g/mol. The van der Waals surface area contributed by atoms with Gasteiger partial charge in [0.25, 0.3) is 5.91 Å². The molecule has 0 aromatic heterocycles. The van der Waals surface area contributed by atoms with Crippen molar-refractivity contribution in [3.05, 3.63) is 59.7 Å². The van der Waals surface area contributed by atoms with Crippen LogP contribution in [0.15, 0.2) is 42.5 Å². The van der Waals surface area contributed by atoms with E-state index >= 15 is 0 Å². The topological polar surface area (TPSA) is 70.7 Å². The third-order valence-corrected chi connectivity index (χ3v) is 4.80. The summed E-state index contributed by atoms with van der Waals surface area (Å²) >= 11 is 0. The molecule has 1 aliphatic heterocycles. The summed E-state index contributed by atoms with van der Waals surface area (Å²) in [4.78, 5) is 26.4. The van der Waals surface area contributed by atoms with Gasteiger partial charge in [-0.25, -0.2) is 8.78 Å². The number of ether oxygens (including phenoxy) is 1. The van der Waals surface area contributed by atoms with E-state index in [4.69, 9.17) is 4.74 Å². The summed E-state index contributed by atoms with van der Waals surface area (Å²) in [5.41, 5.74) is 0.928. The van der Waals surface area contributed by atoms with Crippen molar-refractivity contribution in [1.29, 1.82) is 0 Å². The SMILES string of the molecule is COc1ccccc1N1CCCC(NC(=O)CNC(=O)c2ccc(F)c(F)c2)C1. The molecule has 6 nitrogen and oxygen atoms in total. The molecule has 1 saturated heterocycles. The molecule has 0 bridgehead atoms.